The Kier molecular flexibility index (Phi) is 7.91. The molecular weight excluding hydrogens is 460 g/mol. The molecule has 2 aliphatic carbocycles. The average Bonchev–Trinajstić information content (AvgIpc) is 3.63. The molecule has 2 aromatic rings. The number of piperidine rings is 1. The lowest BCUT2D eigenvalue weighted by atomic mass is 10.0. The molecule has 2 saturated carbocycles. The minimum Gasteiger partial charge on any atom is -0.311 e. The van der Waals surface area contributed by atoms with E-state index in [0.717, 1.165) is 23.0 Å². The molecule has 2 atom stereocenters. The quantitative estimate of drug-likeness (QED) is 0.640. The molecule has 31 heavy (non-hydrogen) atoms. The van der Waals surface area contributed by atoms with E-state index in [9.17, 15) is 9.18 Å². The molecule has 1 saturated heterocycles. The van der Waals surface area contributed by atoms with Gasteiger partial charge in [0.1, 0.15) is 10.8 Å². The first kappa shape index (κ1) is 24.3. The molecule has 3 aliphatic rings. The molecule has 0 spiro atoms. The molecule has 3 fully saturated rings. The highest BCUT2D eigenvalue weighted by molar-refractivity contribution is 7.15. The number of aryl methyl sites for hydroxylation is 1. The smallest absolute Gasteiger partial charge is 0.257 e. The Labute approximate surface area is 198 Å². The van der Waals surface area contributed by atoms with Crippen LogP contribution in [0.25, 0.3) is 0 Å². The van der Waals surface area contributed by atoms with Crippen LogP contribution in [-0.4, -0.2) is 52.2 Å². The fourth-order valence-corrected chi connectivity index (χ4v) is 5.04. The van der Waals surface area contributed by atoms with Crippen molar-refractivity contribution in [2.24, 2.45) is 0 Å². The maximum Gasteiger partial charge on any atom is 0.257 e. The summed E-state index contributed by atoms with van der Waals surface area (Å²) < 4.78 is 13.9. The van der Waals surface area contributed by atoms with Crippen LogP contribution in [0.15, 0.2) is 18.2 Å². The van der Waals surface area contributed by atoms with Gasteiger partial charge in [-0.15, -0.1) is 35.0 Å². The third-order valence-corrected chi connectivity index (χ3v) is 6.99. The second kappa shape index (κ2) is 10.1. The fourth-order valence-electron chi connectivity index (χ4n) is 4.46. The lowest BCUT2D eigenvalue weighted by Gasteiger charge is -2.32. The van der Waals surface area contributed by atoms with Crippen LogP contribution in [0.2, 0.25) is 0 Å². The van der Waals surface area contributed by atoms with Gasteiger partial charge in [0.25, 0.3) is 5.91 Å². The van der Waals surface area contributed by atoms with Crippen molar-refractivity contribution in [3.05, 3.63) is 40.2 Å². The number of aromatic nitrogens is 2. The van der Waals surface area contributed by atoms with Crippen molar-refractivity contribution in [3.63, 3.8) is 0 Å². The van der Waals surface area contributed by atoms with Gasteiger partial charge < -0.3 is 10.2 Å². The van der Waals surface area contributed by atoms with Crippen molar-refractivity contribution >= 4 is 47.2 Å². The largest absolute Gasteiger partial charge is 0.311 e. The second-order valence-corrected chi connectivity index (χ2v) is 9.65. The number of nitrogens with one attached hydrogen (secondary N) is 2. The van der Waals surface area contributed by atoms with Gasteiger partial charge in [0, 0.05) is 29.6 Å². The van der Waals surface area contributed by atoms with Crippen molar-refractivity contribution in [1.29, 1.82) is 0 Å². The van der Waals surface area contributed by atoms with Crippen LogP contribution in [0.1, 0.15) is 59.0 Å². The van der Waals surface area contributed by atoms with Crippen LogP contribution >= 0.6 is 36.2 Å². The number of carbonyl (C=O) groups excluding carboxylic acids is 1. The van der Waals surface area contributed by atoms with Gasteiger partial charge in [-0.3, -0.25) is 10.1 Å². The van der Waals surface area contributed by atoms with Gasteiger partial charge in [0.15, 0.2) is 0 Å². The van der Waals surface area contributed by atoms with Crippen molar-refractivity contribution in [1.82, 2.24) is 20.4 Å². The highest BCUT2D eigenvalue weighted by Crippen LogP contribution is 2.43. The van der Waals surface area contributed by atoms with E-state index in [1.807, 2.05) is 6.92 Å². The molecule has 2 N–H and O–H groups in total. The number of halogens is 3. The summed E-state index contributed by atoms with van der Waals surface area (Å²) in [5.74, 6) is -0.460. The van der Waals surface area contributed by atoms with Crippen LogP contribution in [0.4, 0.5) is 9.52 Å². The zero-order valence-electron chi connectivity index (χ0n) is 17.3. The van der Waals surface area contributed by atoms with Gasteiger partial charge in [0.2, 0.25) is 5.13 Å². The first-order valence-electron chi connectivity index (χ1n) is 10.5. The van der Waals surface area contributed by atoms with Crippen LogP contribution in [0.5, 0.6) is 0 Å². The van der Waals surface area contributed by atoms with Crippen LogP contribution in [0.3, 0.4) is 0 Å². The third kappa shape index (κ3) is 5.73. The number of hydrogen-bond acceptors (Lipinski definition) is 6. The number of rotatable bonds is 6. The maximum absolute atomic E-state index is 13.9. The van der Waals surface area contributed by atoms with Gasteiger partial charge in [-0.25, -0.2) is 4.39 Å². The number of nitrogens with zero attached hydrogens (tertiary/aromatic N) is 3. The number of benzene rings is 1. The van der Waals surface area contributed by atoms with Crippen LogP contribution in [-0.2, 0) is 0 Å². The molecule has 6 nitrogen and oxygen atoms in total. The van der Waals surface area contributed by atoms with E-state index in [1.165, 1.54) is 62.2 Å². The minimum absolute atomic E-state index is 0. The highest BCUT2D eigenvalue weighted by Gasteiger charge is 2.42. The molecule has 2 unspecified atom stereocenters. The summed E-state index contributed by atoms with van der Waals surface area (Å²) in [6, 6.07) is 6.31. The molecule has 170 valence electrons. The Bertz CT molecular complexity index is 917. The summed E-state index contributed by atoms with van der Waals surface area (Å²) in [5.41, 5.74) is 1.31. The summed E-state index contributed by atoms with van der Waals surface area (Å²) in [6.07, 6.45) is 6.11. The molecule has 1 aromatic carbocycles. The van der Waals surface area contributed by atoms with Gasteiger partial charge >= 0.3 is 0 Å². The Hall–Kier alpha value is -1.32. The Balaban J connectivity index is 0.00000136. The Morgan fingerprint density at radius 2 is 1.90 bits per heavy atom. The molecule has 0 bridgehead atoms. The maximum atomic E-state index is 13.9. The van der Waals surface area contributed by atoms with E-state index in [-0.39, 0.29) is 36.6 Å². The van der Waals surface area contributed by atoms with E-state index >= 15 is 0 Å². The number of hydrogen-bond donors (Lipinski definition) is 2. The molecule has 0 radical (unpaired) electrons. The number of amides is 1. The number of carbonyl (C=O) groups is 1. The topological polar surface area (TPSA) is 70.1 Å². The van der Waals surface area contributed by atoms with Crippen molar-refractivity contribution in [3.8, 4) is 0 Å². The first-order valence-corrected chi connectivity index (χ1v) is 11.3. The highest BCUT2D eigenvalue weighted by atomic mass is 35.5. The summed E-state index contributed by atoms with van der Waals surface area (Å²) in [5, 5.41) is 15.6. The molecule has 1 aromatic heterocycles. The van der Waals surface area contributed by atoms with Crippen LogP contribution < -0.4 is 10.6 Å². The summed E-state index contributed by atoms with van der Waals surface area (Å²) in [7, 11) is 0. The van der Waals surface area contributed by atoms with E-state index in [4.69, 9.17) is 0 Å². The van der Waals surface area contributed by atoms with Gasteiger partial charge in [-0.1, -0.05) is 17.4 Å². The standard InChI is InChI=1S/C21H26FN5OS.2ClH/c1-12-25-26-21(29-12)24-20(28)18-10-13(22)2-5-16(18)17-11-19(17)23-14-6-8-27(9-7-14)15-3-4-15;;/h2,5,10,14-15,17,19,23H,3-4,6-9,11H2,1H3,(H,24,26,28);2*1H. The minimum atomic E-state index is -0.398. The van der Waals surface area contributed by atoms with Crippen molar-refractivity contribution < 1.29 is 9.18 Å². The average molecular weight is 488 g/mol. The van der Waals surface area contributed by atoms with Crippen molar-refractivity contribution in [2.75, 3.05) is 18.4 Å². The van der Waals surface area contributed by atoms with E-state index in [0.29, 0.717) is 22.8 Å². The fraction of sp³-hybridized carbons (Fsp3) is 0.571. The zero-order chi connectivity index (χ0) is 20.0. The molecule has 1 amide bonds. The Morgan fingerprint density at radius 3 is 2.55 bits per heavy atom. The summed E-state index contributed by atoms with van der Waals surface area (Å²) in [4.78, 5) is 15.4. The predicted octanol–water partition coefficient (Wildman–Crippen LogP) is 4.15. The number of likely N-dealkylation sites (tertiary alicyclic amines) is 1. The van der Waals surface area contributed by atoms with Crippen LogP contribution in [0, 0.1) is 12.7 Å². The molecule has 1 aliphatic heterocycles. The predicted molar refractivity (Wildman–Crippen MR) is 125 cm³/mol. The first-order chi connectivity index (χ1) is 14.1. The Morgan fingerprint density at radius 1 is 1.16 bits per heavy atom. The summed E-state index contributed by atoms with van der Waals surface area (Å²) >= 11 is 1.31. The SMILES string of the molecule is Cc1nnc(NC(=O)c2cc(F)ccc2C2CC2NC2CCN(C3CC3)CC2)s1.Cl.Cl. The molecular formula is C21H28Cl2FN5OS. The monoisotopic (exact) mass is 487 g/mol. The molecule has 10 heteroatoms. The lowest BCUT2D eigenvalue weighted by molar-refractivity contribution is 0.102. The lowest BCUT2D eigenvalue weighted by Crippen LogP contribution is -2.44. The number of anilines is 1. The van der Waals surface area contributed by atoms with E-state index in [2.05, 4.69) is 25.7 Å². The molecule has 5 rings (SSSR count). The zero-order valence-corrected chi connectivity index (χ0v) is 19.8. The van der Waals surface area contributed by atoms with Gasteiger partial charge in [-0.05, 0) is 69.8 Å². The molecule has 2 heterocycles. The van der Waals surface area contributed by atoms with E-state index in [1.54, 1.807) is 6.07 Å². The van der Waals surface area contributed by atoms with Gasteiger partial charge in [-0.2, -0.15) is 0 Å². The second-order valence-electron chi connectivity index (χ2n) is 8.47. The summed E-state index contributed by atoms with van der Waals surface area (Å²) in [6.45, 7) is 4.20. The third-order valence-electron chi connectivity index (χ3n) is 6.24. The normalized spacial score (nSPS) is 23.5. The van der Waals surface area contributed by atoms with Gasteiger partial charge in [0.05, 0.1) is 0 Å². The van der Waals surface area contributed by atoms with Crippen molar-refractivity contribution in [2.45, 2.75) is 63.1 Å². The van der Waals surface area contributed by atoms with E-state index < -0.39 is 5.82 Å².